The number of nitro groups is 1. The second-order valence-corrected chi connectivity index (χ2v) is 3.15. The lowest BCUT2D eigenvalue weighted by Gasteiger charge is -2.11. The third-order valence-corrected chi connectivity index (χ3v) is 1.90. The highest BCUT2D eigenvalue weighted by Gasteiger charge is 2.40. The number of ether oxygens (including phenoxy) is 1. The standard InChI is InChI=1S/C8H3F5N2O5/c9-5(10)3-2(7(16)17)1-14-6(4(3)15(18)19)20-8(11,12)13/h1,5H,(H,16,17). The number of carboxylic acid groups (broad SMARTS) is 1. The Balaban J connectivity index is 3.61. The van der Waals surface area contributed by atoms with Crippen LogP contribution in [0.2, 0.25) is 0 Å². The van der Waals surface area contributed by atoms with Crippen molar-refractivity contribution in [2.75, 3.05) is 0 Å². The lowest BCUT2D eigenvalue weighted by atomic mass is 10.1. The lowest BCUT2D eigenvalue weighted by Crippen LogP contribution is -2.20. The number of pyridine rings is 1. The zero-order valence-corrected chi connectivity index (χ0v) is 9.02. The molecule has 0 amide bonds. The molecule has 20 heavy (non-hydrogen) atoms. The molecule has 0 fully saturated rings. The predicted molar refractivity (Wildman–Crippen MR) is 49.5 cm³/mol. The van der Waals surface area contributed by atoms with Gasteiger partial charge in [0, 0.05) is 6.20 Å². The number of rotatable bonds is 4. The molecule has 1 N–H and O–H groups in total. The Bertz CT molecular complexity index is 559. The fourth-order valence-electron chi connectivity index (χ4n) is 1.25. The van der Waals surface area contributed by atoms with Crippen molar-refractivity contribution in [1.29, 1.82) is 0 Å². The van der Waals surface area contributed by atoms with Crippen molar-refractivity contribution in [3.63, 3.8) is 0 Å². The average molecular weight is 302 g/mol. The Kier molecular flexibility index (Phi) is 4.06. The first kappa shape index (κ1) is 15.5. The zero-order chi connectivity index (χ0) is 15.7. The summed E-state index contributed by atoms with van der Waals surface area (Å²) in [5.41, 5.74) is -4.85. The van der Waals surface area contributed by atoms with Gasteiger partial charge < -0.3 is 9.84 Å². The van der Waals surface area contributed by atoms with E-state index in [1.807, 2.05) is 0 Å². The maximum absolute atomic E-state index is 12.7. The van der Waals surface area contributed by atoms with Crippen molar-refractivity contribution in [2.24, 2.45) is 0 Å². The molecule has 1 aromatic rings. The van der Waals surface area contributed by atoms with Gasteiger partial charge in [-0.2, -0.15) is 0 Å². The van der Waals surface area contributed by atoms with E-state index >= 15 is 0 Å². The van der Waals surface area contributed by atoms with Gasteiger partial charge in [0.2, 0.25) is 0 Å². The molecule has 12 heteroatoms. The van der Waals surface area contributed by atoms with Crippen LogP contribution in [-0.4, -0.2) is 27.3 Å². The third-order valence-electron chi connectivity index (χ3n) is 1.90. The first-order chi connectivity index (χ1) is 9.04. The van der Waals surface area contributed by atoms with Gasteiger partial charge in [0.15, 0.2) is 0 Å². The minimum absolute atomic E-state index is 0.123. The van der Waals surface area contributed by atoms with Crippen molar-refractivity contribution in [3.8, 4) is 5.88 Å². The van der Waals surface area contributed by atoms with Crippen LogP contribution in [0.4, 0.5) is 27.6 Å². The Morgan fingerprint density at radius 2 is 2.00 bits per heavy atom. The Morgan fingerprint density at radius 1 is 1.45 bits per heavy atom. The molecule has 0 atom stereocenters. The maximum atomic E-state index is 12.7. The fraction of sp³-hybridized carbons (Fsp3) is 0.250. The van der Waals surface area contributed by atoms with Gasteiger partial charge in [-0.1, -0.05) is 0 Å². The van der Waals surface area contributed by atoms with Gasteiger partial charge in [-0.3, -0.25) is 10.1 Å². The summed E-state index contributed by atoms with van der Waals surface area (Å²) >= 11 is 0. The molecule has 0 unspecified atom stereocenters. The molecule has 0 spiro atoms. The number of hydrogen-bond acceptors (Lipinski definition) is 5. The zero-order valence-electron chi connectivity index (χ0n) is 9.02. The summed E-state index contributed by atoms with van der Waals surface area (Å²) in [6.45, 7) is 0. The van der Waals surface area contributed by atoms with E-state index in [0.29, 0.717) is 0 Å². The van der Waals surface area contributed by atoms with Gasteiger partial charge in [-0.05, 0) is 0 Å². The summed E-state index contributed by atoms with van der Waals surface area (Å²) in [6, 6.07) is 0. The Hall–Kier alpha value is -2.53. The van der Waals surface area contributed by atoms with E-state index in [-0.39, 0.29) is 6.20 Å². The fourth-order valence-corrected chi connectivity index (χ4v) is 1.25. The highest BCUT2D eigenvalue weighted by atomic mass is 19.4. The second kappa shape index (κ2) is 5.22. The number of aromatic carboxylic acids is 1. The molecule has 1 heterocycles. The largest absolute Gasteiger partial charge is 0.574 e. The molecule has 1 aromatic heterocycles. The Morgan fingerprint density at radius 3 is 2.35 bits per heavy atom. The number of hydrogen-bond donors (Lipinski definition) is 1. The van der Waals surface area contributed by atoms with E-state index < -0.39 is 46.4 Å². The van der Waals surface area contributed by atoms with Crippen LogP contribution in [-0.2, 0) is 0 Å². The van der Waals surface area contributed by atoms with E-state index in [4.69, 9.17) is 5.11 Å². The first-order valence-corrected chi connectivity index (χ1v) is 4.49. The maximum Gasteiger partial charge on any atom is 0.574 e. The molecule has 0 saturated heterocycles. The summed E-state index contributed by atoms with van der Waals surface area (Å²) < 4.78 is 64.5. The molecular formula is C8H3F5N2O5. The highest BCUT2D eigenvalue weighted by Crippen LogP contribution is 2.39. The minimum Gasteiger partial charge on any atom is -0.478 e. The van der Waals surface area contributed by atoms with Crippen molar-refractivity contribution in [1.82, 2.24) is 4.98 Å². The minimum atomic E-state index is -5.41. The number of carboxylic acids is 1. The van der Waals surface area contributed by atoms with Gasteiger partial charge >= 0.3 is 23.9 Å². The van der Waals surface area contributed by atoms with Crippen LogP contribution in [0.25, 0.3) is 0 Å². The molecule has 0 saturated carbocycles. The van der Waals surface area contributed by atoms with Gasteiger partial charge in [0.25, 0.3) is 6.43 Å². The number of carbonyl (C=O) groups is 1. The van der Waals surface area contributed by atoms with E-state index in [0.717, 1.165) is 0 Å². The predicted octanol–water partition coefficient (Wildman–Crippen LogP) is 2.52. The molecule has 0 aliphatic carbocycles. The van der Waals surface area contributed by atoms with Gasteiger partial charge in [0.05, 0.1) is 10.5 Å². The summed E-state index contributed by atoms with van der Waals surface area (Å²) in [7, 11) is 0. The van der Waals surface area contributed by atoms with Crippen LogP contribution < -0.4 is 4.74 Å². The summed E-state index contributed by atoms with van der Waals surface area (Å²) in [6.07, 6.45) is -9.00. The summed E-state index contributed by atoms with van der Waals surface area (Å²) in [5.74, 6) is -3.77. The van der Waals surface area contributed by atoms with Crippen LogP contribution in [0.5, 0.6) is 5.88 Å². The van der Waals surface area contributed by atoms with E-state index in [9.17, 15) is 36.9 Å². The number of halogens is 5. The number of aromatic nitrogens is 1. The van der Waals surface area contributed by atoms with Gasteiger partial charge in [0.1, 0.15) is 5.56 Å². The highest BCUT2D eigenvalue weighted by molar-refractivity contribution is 5.90. The quantitative estimate of drug-likeness (QED) is 0.521. The van der Waals surface area contributed by atoms with Gasteiger partial charge in [-0.25, -0.2) is 18.6 Å². The molecule has 0 bridgehead atoms. The van der Waals surface area contributed by atoms with E-state index in [1.54, 1.807) is 0 Å². The van der Waals surface area contributed by atoms with Crippen LogP contribution in [0.15, 0.2) is 6.20 Å². The molecule has 0 aliphatic rings. The summed E-state index contributed by atoms with van der Waals surface area (Å²) in [4.78, 5) is 22.4. The molecule has 1 rings (SSSR count). The third kappa shape index (κ3) is 3.27. The van der Waals surface area contributed by atoms with Crippen molar-refractivity contribution >= 4 is 11.7 Å². The molecule has 0 aromatic carbocycles. The lowest BCUT2D eigenvalue weighted by molar-refractivity contribution is -0.390. The molecule has 0 aliphatic heterocycles. The Labute approximate surface area is 105 Å². The van der Waals surface area contributed by atoms with Crippen LogP contribution >= 0.6 is 0 Å². The average Bonchev–Trinajstić information content (AvgIpc) is 2.24. The van der Waals surface area contributed by atoms with Crippen LogP contribution in [0.3, 0.4) is 0 Å². The molecule has 110 valence electrons. The number of nitrogens with zero attached hydrogens (tertiary/aromatic N) is 2. The van der Waals surface area contributed by atoms with Gasteiger partial charge in [-0.15, -0.1) is 13.2 Å². The van der Waals surface area contributed by atoms with Crippen molar-refractivity contribution in [3.05, 3.63) is 27.4 Å². The van der Waals surface area contributed by atoms with Crippen molar-refractivity contribution < 1.29 is 41.5 Å². The normalized spacial score (nSPS) is 11.5. The van der Waals surface area contributed by atoms with E-state index in [2.05, 4.69) is 9.72 Å². The van der Waals surface area contributed by atoms with E-state index in [1.165, 1.54) is 0 Å². The van der Waals surface area contributed by atoms with Crippen molar-refractivity contribution in [2.45, 2.75) is 12.8 Å². The first-order valence-electron chi connectivity index (χ1n) is 4.49. The second-order valence-electron chi connectivity index (χ2n) is 3.15. The summed E-state index contributed by atoms with van der Waals surface area (Å²) in [5, 5.41) is 19.2. The molecular weight excluding hydrogens is 299 g/mol. The molecule has 7 nitrogen and oxygen atoms in total. The molecule has 0 radical (unpaired) electrons. The van der Waals surface area contributed by atoms with Crippen LogP contribution in [0.1, 0.15) is 22.3 Å². The number of alkyl halides is 5. The smallest absolute Gasteiger partial charge is 0.478 e. The SMILES string of the molecule is O=C(O)c1cnc(OC(F)(F)F)c([N+](=O)[O-])c1C(F)F. The van der Waals surface area contributed by atoms with Crippen LogP contribution in [0, 0.1) is 10.1 Å². The topological polar surface area (TPSA) is 103 Å². The monoisotopic (exact) mass is 302 g/mol.